The largest absolute Gasteiger partial charge is 0.368 e. The number of carbonyl (C=O) groups excluding carboxylic acids is 3. The summed E-state index contributed by atoms with van der Waals surface area (Å²) in [7, 11) is -3.43. The van der Waals surface area contributed by atoms with Crippen LogP contribution in [0, 0.1) is 11.8 Å². The average Bonchev–Trinajstić information content (AvgIpc) is 3.36. The Kier molecular flexibility index (Phi) is 4.38. The van der Waals surface area contributed by atoms with Crippen LogP contribution >= 0.6 is 0 Å². The van der Waals surface area contributed by atoms with Gasteiger partial charge >= 0.3 is 6.03 Å². The van der Waals surface area contributed by atoms with Crippen LogP contribution in [0.5, 0.6) is 0 Å². The van der Waals surface area contributed by atoms with E-state index in [4.69, 9.17) is 5.73 Å². The number of nitrogens with two attached hydrogens (primary N) is 1. The minimum atomic E-state index is -3.43. The summed E-state index contributed by atoms with van der Waals surface area (Å²) in [6.45, 7) is 1.85. The van der Waals surface area contributed by atoms with Gasteiger partial charge in [-0.25, -0.2) is 18.1 Å². The molecular formula is C19H24N4O5S. The minimum absolute atomic E-state index is 0.195. The lowest BCUT2D eigenvalue weighted by atomic mass is 9.89. The fourth-order valence-corrected chi connectivity index (χ4v) is 5.21. The lowest BCUT2D eigenvalue weighted by molar-refractivity contribution is -0.139. The summed E-state index contributed by atoms with van der Waals surface area (Å²) in [6.07, 6.45) is 3.81. The number of primary amides is 1. The van der Waals surface area contributed by atoms with Gasteiger partial charge in [-0.1, -0.05) is 13.0 Å². The third kappa shape index (κ3) is 3.25. The van der Waals surface area contributed by atoms with Gasteiger partial charge < -0.3 is 11.1 Å². The molecule has 1 aliphatic heterocycles. The fraction of sp³-hybridized carbons (Fsp3) is 0.526. The third-order valence-electron chi connectivity index (χ3n) is 6.19. The number of hydrogen-bond acceptors (Lipinski definition) is 5. The SMILES string of the molecule is C[C@@H](C1CC1)C(C(N)=O)N1C(=O)NC2(CCc3cc(NS(C)(=O)=O)ccc32)C1=O. The first-order valence-corrected chi connectivity index (χ1v) is 11.5. The number of imide groups is 1. The van der Waals surface area contributed by atoms with Gasteiger partial charge in [-0.05, 0) is 60.8 Å². The molecule has 1 spiro atoms. The quantitative estimate of drug-likeness (QED) is 0.580. The first-order valence-electron chi connectivity index (χ1n) is 9.60. The Labute approximate surface area is 169 Å². The van der Waals surface area contributed by atoms with E-state index >= 15 is 0 Å². The molecule has 156 valence electrons. The molecule has 0 bridgehead atoms. The van der Waals surface area contributed by atoms with Crippen LogP contribution in [-0.2, 0) is 31.6 Å². The van der Waals surface area contributed by atoms with Crippen LogP contribution in [-0.4, -0.2) is 43.5 Å². The molecule has 1 aromatic carbocycles. The first-order chi connectivity index (χ1) is 13.5. The van der Waals surface area contributed by atoms with Crippen molar-refractivity contribution < 1.29 is 22.8 Å². The van der Waals surface area contributed by atoms with E-state index in [-0.39, 0.29) is 11.8 Å². The number of anilines is 1. The third-order valence-corrected chi connectivity index (χ3v) is 6.80. The maximum atomic E-state index is 13.4. The van der Waals surface area contributed by atoms with Crippen LogP contribution in [0.1, 0.15) is 37.3 Å². The molecule has 1 saturated heterocycles. The van der Waals surface area contributed by atoms with Crippen molar-refractivity contribution in [2.24, 2.45) is 17.6 Å². The zero-order valence-electron chi connectivity index (χ0n) is 16.3. The van der Waals surface area contributed by atoms with Gasteiger partial charge in [0.05, 0.1) is 6.26 Å². The van der Waals surface area contributed by atoms with Crippen LogP contribution in [0.4, 0.5) is 10.5 Å². The Hall–Kier alpha value is -2.62. The number of hydrogen-bond donors (Lipinski definition) is 3. The van der Waals surface area contributed by atoms with Crippen molar-refractivity contribution >= 4 is 33.6 Å². The molecule has 4 amide bonds. The predicted molar refractivity (Wildman–Crippen MR) is 105 cm³/mol. The predicted octanol–water partition coefficient (Wildman–Crippen LogP) is 0.651. The standard InChI is InChI=1S/C19H24N4O5S/c1-10(11-3-4-11)15(16(20)24)23-17(25)19(21-18(23)26)8-7-12-9-13(5-6-14(12)19)22-29(2,27)28/h5-6,9-11,15,22H,3-4,7-8H2,1-2H3,(H2,20,24)(H,21,26)/t10-,15?,19?/m0/s1. The van der Waals surface area contributed by atoms with Crippen LogP contribution in [0.25, 0.3) is 0 Å². The van der Waals surface area contributed by atoms with Crippen molar-refractivity contribution in [1.29, 1.82) is 0 Å². The smallest absolute Gasteiger partial charge is 0.326 e. The highest BCUT2D eigenvalue weighted by molar-refractivity contribution is 7.92. The Balaban J connectivity index is 1.68. The molecule has 1 heterocycles. The molecule has 4 rings (SSSR count). The highest BCUT2D eigenvalue weighted by Gasteiger charge is 2.59. The fourth-order valence-electron chi connectivity index (χ4n) is 4.65. The highest BCUT2D eigenvalue weighted by atomic mass is 32.2. The second-order valence-electron chi connectivity index (χ2n) is 8.30. The summed E-state index contributed by atoms with van der Waals surface area (Å²) in [6, 6.07) is 3.29. The Bertz CT molecular complexity index is 1020. The number of rotatable bonds is 6. The second-order valence-corrected chi connectivity index (χ2v) is 10.0. The molecule has 3 atom stereocenters. The average molecular weight is 420 g/mol. The molecule has 1 saturated carbocycles. The van der Waals surface area contributed by atoms with Gasteiger partial charge in [0.1, 0.15) is 11.6 Å². The molecule has 2 aliphatic carbocycles. The van der Waals surface area contributed by atoms with Gasteiger partial charge in [-0.2, -0.15) is 0 Å². The molecule has 2 fully saturated rings. The Morgan fingerprint density at radius 2 is 2.03 bits per heavy atom. The normalized spacial score (nSPS) is 25.7. The van der Waals surface area contributed by atoms with E-state index in [9.17, 15) is 22.8 Å². The number of amides is 4. The minimum Gasteiger partial charge on any atom is -0.368 e. The van der Waals surface area contributed by atoms with E-state index in [0.717, 1.165) is 29.6 Å². The summed E-state index contributed by atoms with van der Waals surface area (Å²) in [5.74, 6) is -1.07. The number of sulfonamides is 1. The van der Waals surface area contributed by atoms with Crippen molar-refractivity contribution in [3.05, 3.63) is 29.3 Å². The van der Waals surface area contributed by atoms with E-state index in [0.29, 0.717) is 24.1 Å². The van der Waals surface area contributed by atoms with Crippen molar-refractivity contribution in [2.45, 2.75) is 44.2 Å². The van der Waals surface area contributed by atoms with E-state index in [1.165, 1.54) is 0 Å². The number of fused-ring (bicyclic) bond motifs is 2. The maximum absolute atomic E-state index is 13.4. The van der Waals surface area contributed by atoms with Gasteiger partial charge in [0.2, 0.25) is 15.9 Å². The highest BCUT2D eigenvalue weighted by Crippen LogP contribution is 2.45. The lowest BCUT2D eigenvalue weighted by Crippen LogP contribution is -2.53. The van der Waals surface area contributed by atoms with Crippen LogP contribution in [0.3, 0.4) is 0 Å². The van der Waals surface area contributed by atoms with Gasteiger partial charge in [0.15, 0.2) is 0 Å². The molecule has 3 aliphatic rings. The van der Waals surface area contributed by atoms with Crippen molar-refractivity contribution in [3.63, 3.8) is 0 Å². The monoisotopic (exact) mass is 420 g/mol. The molecule has 9 nitrogen and oxygen atoms in total. The summed E-state index contributed by atoms with van der Waals surface area (Å²) in [5, 5.41) is 2.79. The van der Waals surface area contributed by atoms with Crippen molar-refractivity contribution in [3.8, 4) is 0 Å². The van der Waals surface area contributed by atoms with E-state index in [2.05, 4.69) is 10.0 Å². The number of aryl methyl sites for hydroxylation is 1. The summed E-state index contributed by atoms with van der Waals surface area (Å²) in [4.78, 5) is 39.4. The second kappa shape index (κ2) is 6.45. The molecule has 0 aromatic heterocycles. The van der Waals surface area contributed by atoms with Gasteiger partial charge in [0.25, 0.3) is 5.91 Å². The molecule has 4 N–H and O–H groups in total. The van der Waals surface area contributed by atoms with Crippen LogP contribution in [0.15, 0.2) is 18.2 Å². The van der Waals surface area contributed by atoms with Gasteiger partial charge in [-0.3, -0.25) is 14.3 Å². The van der Waals surface area contributed by atoms with Crippen LogP contribution in [0.2, 0.25) is 0 Å². The molecule has 1 aromatic rings. The topological polar surface area (TPSA) is 139 Å². The van der Waals surface area contributed by atoms with Gasteiger partial charge in [-0.15, -0.1) is 0 Å². The van der Waals surface area contributed by atoms with Crippen molar-refractivity contribution in [2.75, 3.05) is 11.0 Å². The number of nitrogens with one attached hydrogen (secondary N) is 2. The molecule has 0 radical (unpaired) electrons. The summed E-state index contributed by atoms with van der Waals surface area (Å²) < 4.78 is 25.4. The zero-order chi connectivity index (χ0) is 21.1. The first kappa shape index (κ1) is 19.7. The molecule has 29 heavy (non-hydrogen) atoms. The van der Waals surface area contributed by atoms with E-state index < -0.39 is 39.4 Å². The summed E-state index contributed by atoms with van der Waals surface area (Å²) in [5.41, 5.74) is 6.15. The lowest BCUT2D eigenvalue weighted by Gasteiger charge is -2.29. The molecule has 2 unspecified atom stereocenters. The Morgan fingerprint density at radius 1 is 1.34 bits per heavy atom. The molecular weight excluding hydrogens is 396 g/mol. The van der Waals surface area contributed by atoms with E-state index in [1.807, 2.05) is 6.92 Å². The van der Waals surface area contributed by atoms with Crippen molar-refractivity contribution in [1.82, 2.24) is 10.2 Å². The Morgan fingerprint density at radius 3 is 2.62 bits per heavy atom. The van der Waals surface area contributed by atoms with E-state index in [1.54, 1.807) is 18.2 Å². The van der Waals surface area contributed by atoms with Gasteiger partial charge in [0, 0.05) is 5.69 Å². The van der Waals surface area contributed by atoms with Crippen LogP contribution < -0.4 is 15.8 Å². The molecule has 10 heteroatoms. The zero-order valence-corrected chi connectivity index (χ0v) is 17.1. The number of urea groups is 1. The number of benzene rings is 1. The number of nitrogens with zero attached hydrogens (tertiary/aromatic N) is 1. The summed E-state index contributed by atoms with van der Waals surface area (Å²) >= 11 is 0. The number of carbonyl (C=O) groups is 3. The maximum Gasteiger partial charge on any atom is 0.326 e.